The standard InChI is InChI=1S/C16H19FN4O2S/c17-12-4-2-11(3-5-12)16(22-7-8-23-16)6-1-9-24-15-20-13(18)10-14(19)21-15/h2-5,10H,1,6-9H2,(H4,18,19,20,21). The van der Waals surface area contributed by atoms with E-state index in [1.165, 1.54) is 30.0 Å². The van der Waals surface area contributed by atoms with E-state index in [2.05, 4.69) is 9.97 Å². The van der Waals surface area contributed by atoms with Crippen LogP contribution in [0.2, 0.25) is 0 Å². The normalized spacial score (nSPS) is 16.4. The van der Waals surface area contributed by atoms with Gasteiger partial charge in [0.2, 0.25) is 0 Å². The molecule has 1 aromatic carbocycles. The molecule has 128 valence electrons. The lowest BCUT2D eigenvalue weighted by atomic mass is 10.0. The van der Waals surface area contributed by atoms with E-state index in [-0.39, 0.29) is 5.82 Å². The zero-order chi connectivity index (χ0) is 17.0. The molecular weight excluding hydrogens is 331 g/mol. The predicted octanol–water partition coefficient (Wildman–Crippen LogP) is 2.55. The van der Waals surface area contributed by atoms with Crippen molar-refractivity contribution in [2.75, 3.05) is 30.4 Å². The summed E-state index contributed by atoms with van der Waals surface area (Å²) in [5.41, 5.74) is 12.1. The number of nitrogen functional groups attached to an aromatic ring is 2. The Labute approximate surface area is 143 Å². The van der Waals surface area contributed by atoms with E-state index >= 15 is 0 Å². The summed E-state index contributed by atoms with van der Waals surface area (Å²) in [4.78, 5) is 8.27. The number of nitrogens with zero attached hydrogens (tertiary/aromatic N) is 2. The molecule has 0 spiro atoms. The summed E-state index contributed by atoms with van der Waals surface area (Å²) in [6.07, 6.45) is 1.46. The van der Waals surface area contributed by atoms with Crippen LogP contribution in [0.25, 0.3) is 0 Å². The van der Waals surface area contributed by atoms with Gasteiger partial charge in [-0.25, -0.2) is 14.4 Å². The maximum Gasteiger partial charge on any atom is 0.195 e. The van der Waals surface area contributed by atoms with Gasteiger partial charge in [0.15, 0.2) is 10.9 Å². The van der Waals surface area contributed by atoms with Gasteiger partial charge in [-0.2, -0.15) is 0 Å². The van der Waals surface area contributed by atoms with Gasteiger partial charge in [0.1, 0.15) is 17.5 Å². The van der Waals surface area contributed by atoms with Crippen molar-refractivity contribution in [2.45, 2.75) is 23.8 Å². The van der Waals surface area contributed by atoms with Crippen molar-refractivity contribution < 1.29 is 13.9 Å². The molecule has 2 aromatic rings. The number of nitrogens with two attached hydrogens (primary N) is 2. The zero-order valence-electron chi connectivity index (χ0n) is 13.1. The van der Waals surface area contributed by atoms with Gasteiger partial charge in [-0.15, -0.1) is 0 Å². The summed E-state index contributed by atoms with van der Waals surface area (Å²) in [6, 6.07) is 7.76. The minimum absolute atomic E-state index is 0.279. The maximum atomic E-state index is 13.1. The highest BCUT2D eigenvalue weighted by atomic mass is 32.2. The van der Waals surface area contributed by atoms with Gasteiger partial charge in [0.05, 0.1) is 13.2 Å². The van der Waals surface area contributed by atoms with E-state index in [9.17, 15) is 4.39 Å². The molecule has 2 heterocycles. The molecule has 0 saturated carbocycles. The van der Waals surface area contributed by atoms with Gasteiger partial charge in [0, 0.05) is 23.8 Å². The highest BCUT2D eigenvalue weighted by molar-refractivity contribution is 7.99. The van der Waals surface area contributed by atoms with Gasteiger partial charge >= 0.3 is 0 Å². The van der Waals surface area contributed by atoms with Gasteiger partial charge < -0.3 is 20.9 Å². The number of benzene rings is 1. The molecule has 0 aliphatic carbocycles. The van der Waals surface area contributed by atoms with Crippen LogP contribution < -0.4 is 11.5 Å². The fourth-order valence-corrected chi connectivity index (χ4v) is 3.42. The number of anilines is 2. The largest absolute Gasteiger partial charge is 0.383 e. The Balaban J connectivity index is 1.60. The Bertz CT molecular complexity index is 673. The zero-order valence-corrected chi connectivity index (χ0v) is 13.9. The second kappa shape index (κ2) is 7.33. The summed E-state index contributed by atoms with van der Waals surface area (Å²) < 4.78 is 24.8. The van der Waals surface area contributed by atoms with Crippen LogP contribution in [0, 0.1) is 5.82 Å². The molecule has 1 aromatic heterocycles. The Kier molecular flexibility index (Phi) is 5.17. The topological polar surface area (TPSA) is 96.3 Å². The molecule has 1 fully saturated rings. The maximum absolute atomic E-state index is 13.1. The third-order valence-electron chi connectivity index (χ3n) is 3.66. The first-order valence-corrected chi connectivity index (χ1v) is 8.63. The van der Waals surface area contributed by atoms with E-state index < -0.39 is 5.79 Å². The molecule has 0 amide bonds. The van der Waals surface area contributed by atoms with E-state index in [0.29, 0.717) is 36.4 Å². The number of hydrogen-bond donors (Lipinski definition) is 2. The van der Waals surface area contributed by atoms with Gasteiger partial charge in [-0.3, -0.25) is 0 Å². The number of halogens is 1. The average Bonchev–Trinajstić information content (AvgIpc) is 3.01. The summed E-state index contributed by atoms with van der Waals surface area (Å²) >= 11 is 1.48. The molecule has 1 saturated heterocycles. The third-order valence-corrected chi connectivity index (χ3v) is 4.60. The minimum atomic E-state index is -0.802. The van der Waals surface area contributed by atoms with Crippen LogP contribution >= 0.6 is 11.8 Å². The van der Waals surface area contributed by atoms with Crippen molar-refractivity contribution in [1.82, 2.24) is 9.97 Å². The van der Waals surface area contributed by atoms with Crippen molar-refractivity contribution in [1.29, 1.82) is 0 Å². The fraction of sp³-hybridized carbons (Fsp3) is 0.375. The van der Waals surface area contributed by atoms with Crippen molar-refractivity contribution in [3.8, 4) is 0 Å². The van der Waals surface area contributed by atoms with Gasteiger partial charge in [-0.05, 0) is 18.6 Å². The molecule has 3 rings (SSSR count). The predicted molar refractivity (Wildman–Crippen MR) is 90.8 cm³/mol. The molecule has 0 radical (unpaired) electrons. The molecule has 1 aliphatic rings. The highest BCUT2D eigenvalue weighted by Crippen LogP contribution is 2.36. The Morgan fingerprint density at radius 3 is 2.33 bits per heavy atom. The number of thioether (sulfide) groups is 1. The third kappa shape index (κ3) is 3.95. The Morgan fingerprint density at radius 1 is 1.08 bits per heavy atom. The van der Waals surface area contributed by atoms with Crippen LogP contribution in [0.4, 0.5) is 16.0 Å². The smallest absolute Gasteiger partial charge is 0.195 e. The second-order valence-electron chi connectivity index (χ2n) is 5.41. The van der Waals surface area contributed by atoms with Crippen molar-refractivity contribution >= 4 is 23.4 Å². The summed E-state index contributed by atoms with van der Waals surface area (Å²) in [5, 5.41) is 0.552. The Morgan fingerprint density at radius 2 is 1.71 bits per heavy atom. The van der Waals surface area contributed by atoms with E-state index in [4.69, 9.17) is 20.9 Å². The van der Waals surface area contributed by atoms with Crippen LogP contribution in [0.5, 0.6) is 0 Å². The van der Waals surface area contributed by atoms with Crippen molar-refractivity contribution in [2.24, 2.45) is 0 Å². The lowest BCUT2D eigenvalue weighted by Crippen LogP contribution is -2.27. The quantitative estimate of drug-likeness (QED) is 0.469. The van der Waals surface area contributed by atoms with Crippen LogP contribution in [-0.2, 0) is 15.3 Å². The van der Waals surface area contributed by atoms with Crippen LogP contribution in [0.3, 0.4) is 0 Å². The molecule has 0 unspecified atom stereocenters. The number of aromatic nitrogens is 2. The van der Waals surface area contributed by atoms with E-state index in [0.717, 1.165) is 17.7 Å². The summed E-state index contributed by atoms with van der Waals surface area (Å²) in [6.45, 7) is 1.05. The lowest BCUT2D eigenvalue weighted by Gasteiger charge is -2.27. The van der Waals surface area contributed by atoms with Gasteiger partial charge in [0.25, 0.3) is 0 Å². The van der Waals surface area contributed by atoms with Crippen molar-refractivity contribution in [3.05, 3.63) is 41.7 Å². The Hall–Kier alpha value is -1.90. The summed E-state index contributed by atoms with van der Waals surface area (Å²) in [7, 11) is 0. The molecule has 1 aliphatic heterocycles. The molecule has 6 nitrogen and oxygen atoms in total. The second-order valence-corrected chi connectivity index (χ2v) is 6.47. The molecule has 0 bridgehead atoms. The van der Waals surface area contributed by atoms with Gasteiger partial charge in [-0.1, -0.05) is 23.9 Å². The minimum Gasteiger partial charge on any atom is -0.383 e. The van der Waals surface area contributed by atoms with E-state index in [1.54, 1.807) is 12.1 Å². The number of rotatable bonds is 6. The first-order chi connectivity index (χ1) is 11.6. The van der Waals surface area contributed by atoms with Crippen LogP contribution in [-0.4, -0.2) is 28.9 Å². The number of ether oxygens (including phenoxy) is 2. The lowest BCUT2D eigenvalue weighted by molar-refractivity contribution is -0.170. The average molecular weight is 350 g/mol. The first-order valence-electron chi connectivity index (χ1n) is 7.64. The van der Waals surface area contributed by atoms with Crippen LogP contribution in [0.1, 0.15) is 18.4 Å². The van der Waals surface area contributed by atoms with Crippen LogP contribution in [0.15, 0.2) is 35.5 Å². The number of hydrogen-bond acceptors (Lipinski definition) is 7. The fourth-order valence-electron chi connectivity index (χ4n) is 2.61. The molecule has 8 heteroatoms. The first kappa shape index (κ1) is 16.9. The molecular formula is C16H19FN4O2S. The van der Waals surface area contributed by atoms with E-state index in [1.807, 2.05) is 0 Å². The summed E-state index contributed by atoms with van der Waals surface area (Å²) in [5.74, 6) is 0.395. The molecule has 0 atom stereocenters. The molecule has 4 N–H and O–H groups in total. The molecule has 24 heavy (non-hydrogen) atoms. The SMILES string of the molecule is Nc1cc(N)nc(SCCCC2(c3ccc(F)cc3)OCCO2)n1. The van der Waals surface area contributed by atoms with Crippen molar-refractivity contribution in [3.63, 3.8) is 0 Å². The highest BCUT2D eigenvalue weighted by Gasteiger charge is 2.37. The monoisotopic (exact) mass is 350 g/mol.